The van der Waals surface area contributed by atoms with Crippen molar-refractivity contribution in [2.24, 2.45) is 11.8 Å². The van der Waals surface area contributed by atoms with E-state index in [4.69, 9.17) is 0 Å². The van der Waals surface area contributed by atoms with Gasteiger partial charge in [0, 0.05) is 22.7 Å². The molecule has 144 valence electrons. The Morgan fingerprint density at radius 1 is 1.52 bits per heavy atom. The summed E-state index contributed by atoms with van der Waals surface area (Å²) in [4.78, 5) is 30.9. The van der Waals surface area contributed by atoms with Gasteiger partial charge in [-0.2, -0.15) is 0 Å². The number of rotatable bonds is 5. The molecule has 0 radical (unpaired) electrons. The Labute approximate surface area is 165 Å². The van der Waals surface area contributed by atoms with Crippen molar-refractivity contribution in [1.29, 1.82) is 0 Å². The monoisotopic (exact) mass is 407 g/mol. The molecule has 3 N–H and O–H groups in total. The molecule has 0 aliphatic carbocycles. The summed E-state index contributed by atoms with van der Waals surface area (Å²) in [6, 6.07) is -0.296. The number of hydrogen-bond donors (Lipinski definition) is 3. The van der Waals surface area contributed by atoms with Crippen LogP contribution in [0, 0.1) is 11.8 Å². The summed E-state index contributed by atoms with van der Waals surface area (Å²) in [6.07, 6.45) is 2.36. The SMILES string of the molecule is C[C@@H](O)[C@H]1C(=O)N2C(C(=O)O)=C(Sc3nc(C4=CCCNC4)cs3)[C@H](C)[C@H]12. The molecule has 1 aromatic rings. The van der Waals surface area contributed by atoms with Crippen LogP contribution in [0.4, 0.5) is 0 Å². The summed E-state index contributed by atoms with van der Waals surface area (Å²) < 4.78 is 0.764. The van der Waals surface area contributed by atoms with E-state index < -0.39 is 18.0 Å². The molecular weight excluding hydrogens is 386 g/mol. The van der Waals surface area contributed by atoms with Crippen LogP contribution in [-0.2, 0) is 9.59 Å². The fourth-order valence-corrected chi connectivity index (χ4v) is 6.15. The zero-order chi connectivity index (χ0) is 19.3. The number of carbonyl (C=O) groups excluding carboxylic acids is 1. The van der Waals surface area contributed by atoms with Gasteiger partial charge >= 0.3 is 5.97 Å². The highest BCUT2D eigenvalue weighted by molar-refractivity contribution is 8.04. The first-order chi connectivity index (χ1) is 12.9. The lowest BCUT2D eigenvalue weighted by Gasteiger charge is -2.46. The van der Waals surface area contributed by atoms with Crippen molar-refractivity contribution in [2.45, 2.75) is 36.8 Å². The van der Waals surface area contributed by atoms with Crippen LogP contribution >= 0.6 is 23.1 Å². The second-order valence-electron chi connectivity index (χ2n) is 7.07. The molecule has 7 nitrogen and oxygen atoms in total. The van der Waals surface area contributed by atoms with Gasteiger partial charge in [0.15, 0.2) is 4.34 Å². The van der Waals surface area contributed by atoms with Crippen molar-refractivity contribution in [3.63, 3.8) is 0 Å². The van der Waals surface area contributed by atoms with Crippen LogP contribution in [0.15, 0.2) is 26.4 Å². The third-order valence-electron chi connectivity index (χ3n) is 5.35. The molecule has 27 heavy (non-hydrogen) atoms. The zero-order valence-electron chi connectivity index (χ0n) is 15.0. The Morgan fingerprint density at radius 2 is 2.30 bits per heavy atom. The topological polar surface area (TPSA) is 103 Å². The highest BCUT2D eigenvalue weighted by Crippen LogP contribution is 2.52. The van der Waals surface area contributed by atoms with Gasteiger partial charge in [0.05, 0.1) is 23.8 Å². The Morgan fingerprint density at radius 3 is 2.93 bits per heavy atom. The van der Waals surface area contributed by atoms with Gasteiger partial charge in [-0.3, -0.25) is 4.79 Å². The third kappa shape index (κ3) is 3.02. The van der Waals surface area contributed by atoms with Crippen LogP contribution in [-0.4, -0.2) is 57.2 Å². The summed E-state index contributed by atoms with van der Waals surface area (Å²) in [7, 11) is 0. The van der Waals surface area contributed by atoms with Crippen LogP contribution in [0.2, 0.25) is 0 Å². The molecule has 4 rings (SSSR count). The van der Waals surface area contributed by atoms with E-state index in [9.17, 15) is 19.8 Å². The number of fused-ring (bicyclic) bond motifs is 1. The van der Waals surface area contributed by atoms with Crippen molar-refractivity contribution >= 4 is 40.5 Å². The number of aliphatic hydroxyl groups excluding tert-OH is 1. The molecule has 0 spiro atoms. The van der Waals surface area contributed by atoms with Crippen LogP contribution in [0.5, 0.6) is 0 Å². The van der Waals surface area contributed by atoms with Gasteiger partial charge in [-0.25, -0.2) is 9.78 Å². The molecule has 4 atom stereocenters. The molecular formula is C18H21N3O4S2. The molecule has 1 fully saturated rings. The fourth-order valence-electron chi connectivity index (χ4n) is 4.04. The Hall–Kier alpha value is -1.68. The number of amides is 1. The van der Waals surface area contributed by atoms with Gasteiger partial charge in [-0.15, -0.1) is 11.3 Å². The van der Waals surface area contributed by atoms with E-state index in [1.165, 1.54) is 28.0 Å². The minimum absolute atomic E-state index is 0.0368. The first-order valence-electron chi connectivity index (χ1n) is 8.92. The summed E-state index contributed by atoms with van der Waals surface area (Å²) in [6.45, 7) is 5.25. The molecule has 0 bridgehead atoms. The second kappa shape index (κ2) is 7.05. The number of thioether (sulfide) groups is 1. The predicted molar refractivity (Wildman–Crippen MR) is 103 cm³/mol. The average molecular weight is 408 g/mol. The molecule has 0 saturated carbocycles. The Bertz CT molecular complexity index is 861. The standard InChI is InChI=1S/C18H21N3O4S2/c1-8-13-12(9(2)22)16(23)21(13)14(17(24)25)15(8)27-18-20-11(7-26-18)10-4-3-5-19-6-10/h4,7-9,12-13,19,22H,3,5-6H2,1-2H3,(H,24,25)/t8-,9-,12-,13-/m1/s1. The maximum atomic E-state index is 12.4. The van der Waals surface area contributed by atoms with Crippen LogP contribution < -0.4 is 5.32 Å². The van der Waals surface area contributed by atoms with E-state index in [1.54, 1.807) is 6.92 Å². The fraction of sp³-hybridized carbons (Fsp3) is 0.500. The first kappa shape index (κ1) is 18.7. The lowest BCUT2D eigenvalue weighted by Crippen LogP contribution is -2.63. The van der Waals surface area contributed by atoms with Crippen molar-refractivity contribution in [3.05, 3.63) is 27.8 Å². The number of aliphatic carboxylic acids is 1. The van der Waals surface area contributed by atoms with Crippen LogP contribution in [0.25, 0.3) is 5.57 Å². The van der Waals surface area contributed by atoms with E-state index in [1.807, 2.05) is 12.3 Å². The first-order valence-corrected chi connectivity index (χ1v) is 10.6. The quantitative estimate of drug-likeness (QED) is 0.639. The molecule has 0 aromatic carbocycles. The lowest BCUT2D eigenvalue weighted by atomic mass is 9.79. The van der Waals surface area contributed by atoms with Crippen molar-refractivity contribution in [1.82, 2.24) is 15.2 Å². The molecule has 3 aliphatic heterocycles. The number of thiazole rings is 1. The predicted octanol–water partition coefficient (Wildman–Crippen LogP) is 1.77. The minimum Gasteiger partial charge on any atom is -0.477 e. The average Bonchev–Trinajstić information content (AvgIpc) is 3.18. The number of carbonyl (C=O) groups is 2. The van der Waals surface area contributed by atoms with E-state index in [0.29, 0.717) is 4.91 Å². The van der Waals surface area contributed by atoms with Gasteiger partial charge < -0.3 is 20.4 Å². The largest absolute Gasteiger partial charge is 0.477 e. The second-order valence-corrected chi connectivity index (χ2v) is 9.21. The van der Waals surface area contributed by atoms with Gasteiger partial charge in [-0.05, 0) is 25.5 Å². The van der Waals surface area contributed by atoms with Gasteiger partial charge in [-0.1, -0.05) is 24.8 Å². The van der Waals surface area contributed by atoms with Crippen molar-refractivity contribution in [2.75, 3.05) is 13.1 Å². The highest BCUT2D eigenvalue weighted by Gasteiger charge is 2.60. The maximum absolute atomic E-state index is 12.4. The number of carboxylic acids is 1. The summed E-state index contributed by atoms with van der Waals surface area (Å²) >= 11 is 2.81. The molecule has 1 saturated heterocycles. The molecule has 4 heterocycles. The van der Waals surface area contributed by atoms with Gasteiger partial charge in [0.2, 0.25) is 5.91 Å². The van der Waals surface area contributed by atoms with E-state index in [2.05, 4.69) is 16.4 Å². The number of aromatic nitrogens is 1. The van der Waals surface area contributed by atoms with E-state index in [-0.39, 0.29) is 23.6 Å². The van der Waals surface area contributed by atoms with Gasteiger partial charge in [0.1, 0.15) is 5.70 Å². The Kier molecular flexibility index (Phi) is 4.87. The molecule has 9 heteroatoms. The lowest BCUT2D eigenvalue weighted by molar-refractivity contribution is -0.163. The third-order valence-corrected chi connectivity index (χ3v) is 7.57. The number of nitrogens with zero attached hydrogens (tertiary/aromatic N) is 2. The molecule has 3 aliphatic rings. The van der Waals surface area contributed by atoms with Gasteiger partial charge in [0.25, 0.3) is 0 Å². The molecule has 0 unspecified atom stereocenters. The number of carboxylic acid groups (broad SMARTS) is 1. The molecule has 1 amide bonds. The summed E-state index contributed by atoms with van der Waals surface area (Å²) in [5.74, 6) is -2.12. The zero-order valence-corrected chi connectivity index (χ0v) is 16.6. The highest BCUT2D eigenvalue weighted by atomic mass is 32.2. The number of hydrogen-bond acceptors (Lipinski definition) is 7. The summed E-state index contributed by atoms with van der Waals surface area (Å²) in [5, 5.41) is 24.9. The Balaban J connectivity index is 1.61. The van der Waals surface area contributed by atoms with E-state index in [0.717, 1.165) is 35.1 Å². The summed E-state index contributed by atoms with van der Waals surface area (Å²) in [5.41, 5.74) is 2.11. The van der Waals surface area contributed by atoms with Crippen molar-refractivity contribution in [3.8, 4) is 0 Å². The number of aliphatic hydroxyl groups is 1. The maximum Gasteiger partial charge on any atom is 0.353 e. The molecule has 1 aromatic heterocycles. The van der Waals surface area contributed by atoms with Crippen molar-refractivity contribution < 1.29 is 19.8 Å². The number of β-lactam (4-membered cyclic amide) rings is 1. The number of nitrogens with one attached hydrogen (secondary N) is 1. The van der Waals surface area contributed by atoms with Crippen LogP contribution in [0.1, 0.15) is 26.0 Å². The van der Waals surface area contributed by atoms with E-state index >= 15 is 0 Å². The van der Waals surface area contributed by atoms with Crippen LogP contribution in [0.3, 0.4) is 0 Å². The minimum atomic E-state index is -1.11. The smallest absolute Gasteiger partial charge is 0.353 e. The normalized spacial score (nSPS) is 28.7.